The van der Waals surface area contributed by atoms with Gasteiger partial charge in [0, 0.05) is 11.1 Å². The number of aryl methyl sites for hydroxylation is 2. The average Bonchev–Trinajstić information content (AvgIpc) is 2.82. The molecule has 0 aliphatic rings. The molecule has 0 spiro atoms. The number of carbonyl (C=O) groups is 3. The van der Waals surface area contributed by atoms with Gasteiger partial charge in [0.2, 0.25) is 5.91 Å². The maximum Gasteiger partial charge on any atom is 0.408 e. The second kappa shape index (κ2) is 12.9. The predicted molar refractivity (Wildman–Crippen MR) is 160 cm³/mol. The van der Waals surface area contributed by atoms with Crippen LogP contribution < -0.4 is 10.6 Å². The number of aromatic hydroxyl groups is 1. The summed E-state index contributed by atoms with van der Waals surface area (Å²) in [5, 5.41) is 17.1. The third-order valence-electron chi connectivity index (χ3n) is 6.65. The van der Waals surface area contributed by atoms with Crippen molar-refractivity contribution >= 4 is 35.2 Å². The van der Waals surface area contributed by atoms with Crippen molar-refractivity contribution < 1.29 is 24.2 Å². The molecule has 3 N–H and O–H groups in total. The number of ether oxygens (including phenoxy) is 1. The van der Waals surface area contributed by atoms with E-state index in [9.17, 15) is 19.5 Å². The van der Waals surface area contributed by atoms with Crippen molar-refractivity contribution in [1.29, 1.82) is 0 Å². The number of amides is 3. The van der Waals surface area contributed by atoms with E-state index in [2.05, 4.69) is 10.6 Å². The van der Waals surface area contributed by atoms with Crippen LogP contribution in [0.2, 0.25) is 5.02 Å². The second-order valence-corrected chi connectivity index (χ2v) is 12.6. The fourth-order valence-corrected chi connectivity index (χ4v) is 4.66. The number of carbonyl (C=O) groups excluding carboxylic acids is 3. The number of alkyl carbamates (subject to hydrolysis) is 1. The Labute approximate surface area is 243 Å². The molecule has 0 saturated carbocycles. The number of hydrogen-bond acceptors (Lipinski definition) is 5. The van der Waals surface area contributed by atoms with E-state index in [-0.39, 0.29) is 17.2 Å². The maximum absolute atomic E-state index is 14.5. The number of rotatable bonds is 8. The van der Waals surface area contributed by atoms with Crippen LogP contribution >= 0.6 is 11.6 Å². The van der Waals surface area contributed by atoms with Crippen molar-refractivity contribution in [2.75, 3.05) is 5.32 Å². The average molecular weight is 574 g/mol. The molecule has 8 nitrogen and oxygen atoms in total. The summed E-state index contributed by atoms with van der Waals surface area (Å²) in [6.45, 7) is 18.0. The number of nitrogens with one attached hydrogen (secondary N) is 2. The van der Waals surface area contributed by atoms with Crippen molar-refractivity contribution in [3.8, 4) is 5.75 Å². The minimum absolute atomic E-state index is 0.0965. The van der Waals surface area contributed by atoms with Crippen molar-refractivity contribution in [2.24, 2.45) is 5.92 Å². The van der Waals surface area contributed by atoms with Gasteiger partial charge in [-0.25, -0.2) is 4.79 Å². The zero-order valence-electron chi connectivity index (χ0n) is 25.3. The highest BCUT2D eigenvalue weighted by Crippen LogP contribution is 2.38. The van der Waals surface area contributed by atoms with E-state index < -0.39 is 41.1 Å². The van der Waals surface area contributed by atoms with E-state index in [4.69, 9.17) is 16.3 Å². The number of hydrogen-bond donors (Lipinski definition) is 3. The molecule has 0 aliphatic carbocycles. The molecule has 2 rings (SSSR count). The zero-order chi connectivity index (χ0) is 30.6. The largest absolute Gasteiger partial charge is 0.507 e. The van der Waals surface area contributed by atoms with E-state index in [0.29, 0.717) is 22.7 Å². The summed E-state index contributed by atoms with van der Waals surface area (Å²) in [4.78, 5) is 42.9. The first-order valence-corrected chi connectivity index (χ1v) is 13.9. The molecule has 0 radical (unpaired) electrons. The fourth-order valence-electron chi connectivity index (χ4n) is 4.39. The van der Waals surface area contributed by atoms with Gasteiger partial charge >= 0.3 is 6.09 Å². The fraction of sp³-hybridized carbons (Fsp3) is 0.516. The lowest BCUT2D eigenvalue weighted by Gasteiger charge is -2.44. The summed E-state index contributed by atoms with van der Waals surface area (Å²) in [6.07, 6.45) is -0.152. The highest BCUT2D eigenvalue weighted by atomic mass is 35.5. The van der Waals surface area contributed by atoms with Crippen LogP contribution in [0.1, 0.15) is 84.5 Å². The van der Waals surface area contributed by atoms with Crippen molar-refractivity contribution in [2.45, 2.75) is 98.9 Å². The molecule has 0 aliphatic heterocycles. The molecule has 3 unspecified atom stereocenters. The minimum atomic E-state index is -1.25. The summed E-state index contributed by atoms with van der Waals surface area (Å²) in [5.41, 5.74) is 0.288. The third-order valence-corrected chi connectivity index (χ3v) is 6.97. The molecule has 2 aromatic carbocycles. The molecule has 0 aromatic heterocycles. The number of halogens is 1. The Balaban J connectivity index is 2.72. The monoisotopic (exact) mass is 573 g/mol. The van der Waals surface area contributed by atoms with Crippen LogP contribution in [-0.4, -0.2) is 45.1 Å². The Morgan fingerprint density at radius 2 is 1.57 bits per heavy atom. The quantitative estimate of drug-likeness (QED) is 0.318. The molecule has 9 heteroatoms. The van der Waals surface area contributed by atoms with Gasteiger partial charge in [-0.15, -0.1) is 0 Å². The number of phenolic OH excluding ortho intramolecular Hbond substituents is 1. The van der Waals surface area contributed by atoms with Gasteiger partial charge in [0.05, 0.1) is 10.7 Å². The summed E-state index contributed by atoms with van der Waals surface area (Å²) < 4.78 is 5.46. The standard InChI is InChI=1S/C31H44ClN3O5/c1-11-18(2)24(34-29(39)40-31(8,9)10)28(38)35(30(5,6)7)25(21-16-12-15-20(4)26(21)36)27(37)33-23-19(3)14-13-17-22(23)32/h12-18,24-25,36H,11H2,1-10H3,(H,33,37)(H,34,39). The van der Waals surface area contributed by atoms with Gasteiger partial charge in [0.15, 0.2) is 0 Å². The molecule has 2 aromatic rings. The van der Waals surface area contributed by atoms with Crippen molar-refractivity contribution in [3.05, 3.63) is 58.1 Å². The van der Waals surface area contributed by atoms with Gasteiger partial charge in [0.25, 0.3) is 5.91 Å². The lowest BCUT2D eigenvalue weighted by molar-refractivity contribution is -0.148. The number of para-hydroxylation sites is 2. The van der Waals surface area contributed by atoms with E-state index in [1.165, 1.54) is 4.90 Å². The van der Waals surface area contributed by atoms with Crippen LogP contribution in [0.3, 0.4) is 0 Å². The third kappa shape index (κ3) is 8.13. The van der Waals surface area contributed by atoms with E-state index in [1.54, 1.807) is 78.8 Å². The lowest BCUT2D eigenvalue weighted by Crippen LogP contribution is -2.59. The summed E-state index contributed by atoms with van der Waals surface area (Å²) in [7, 11) is 0. The molecule has 0 saturated heterocycles. The highest BCUT2D eigenvalue weighted by Gasteiger charge is 2.44. The van der Waals surface area contributed by atoms with Gasteiger partial charge in [-0.3, -0.25) is 9.59 Å². The molecule has 0 heterocycles. The summed E-state index contributed by atoms with van der Waals surface area (Å²) in [6, 6.07) is 8.08. The highest BCUT2D eigenvalue weighted by molar-refractivity contribution is 6.34. The molecule has 40 heavy (non-hydrogen) atoms. The molecule has 220 valence electrons. The zero-order valence-corrected chi connectivity index (χ0v) is 26.1. The first kappa shape index (κ1) is 32.9. The molecule has 3 atom stereocenters. The Kier molecular flexibility index (Phi) is 10.7. The van der Waals surface area contributed by atoms with Crippen LogP contribution in [0, 0.1) is 19.8 Å². The second-order valence-electron chi connectivity index (χ2n) is 12.2. The Bertz CT molecular complexity index is 1210. The smallest absolute Gasteiger partial charge is 0.408 e. The Hall–Kier alpha value is -3.26. The van der Waals surface area contributed by atoms with Gasteiger partial charge < -0.3 is 25.4 Å². The van der Waals surface area contributed by atoms with E-state index in [1.807, 2.05) is 26.8 Å². The summed E-state index contributed by atoms with van der Waals surface area (Å²) >= 11 is 6.43. The minimum Gasteiger partial charge on any atom is -0.507 e. The summed E-state index contributed by atoms with van der Waals surface area (Å²) in [5.74, 6) is -1.42. The van der Waals surface area contributed by atoms with Gasteiger partial charge in [-0.1, -0.05) is 62.2 Å². The van der Waals surface area contributed by atoms with Gasteiger partial charge in [0.1, 0.15) is 23.4 Å². The molecular formula is C31H44ClN3O5. The number of phenols is 1. The van der Waals surface area contributed by atoms with E-state index >= 15 is 0 Å². The lowest BCUT2D eigenvalue weighted by atomic mass is 9.90. The number of benzene rings is 2. The van der Waals surface area contributed by atoms with Crippen LogP contribution in [0.5, 0.6) is 5.75 Å². The SMILES string of the molecule is CCC(C)C(NC(=O)OC(C)(C)C)C(=O)N(C(C(=O)Nc1c(C)cccc1Cl)c1cccc(C)c1O)C(C)(C)C. The molecule has 0 fully saturated rings. The Morgan fingerprint density at radius 1 is 1.00 bits per heavy atom. The Morgan fingerprint density at radius 3 is 2.10 bits per heavy atom. The first-order valence-electron chi connectivity index (χ1n) is 13.6. The van der Waals surface area contributed by atoms with Crippen molar-refractivity contribution in [1.82, 2.24) is 10.2 Å². The number of nitrogens with zero attached hydrogens (tertiary/aromatic N) is 1. The molecular weight excluding hydrogens is 530 g/mol. The van der Waals surface area contributed by atoms with Crippen LogP contribution in [0.25, 0.3) is 0 Å². The van der Waals surface area contributed by atoms with Gasteiger partial charge in [-0.2, -0.15) is 0 Å². The van der Waals surface area contributed by atoms with Crippen LogP contribution in [-0.2, 0) is 14.3 Å². The first-order chi connectivity index (χ1) is 18.4. The van der Waals surface area contributed by atoms with Crippen molar-refractivity contribution in [3.63, 3.8) is 0 Å². The predicted octanol–water partition coefficient (Wildman–Crippen LogP) is 6.91. The topological polar surface area (TPSA) is 108 Å². The molecule has 3 amide bonds. The van der Waals surface area contributed by atoms with Crippen LogP contribution in [0.15, 0.2) is 36.4 Å². The van der Waals surface area contributed by atoms with Gasteiger partial charge in [-0.05, 0) is 78.5 Å². The maximum atomic E-state index is 14.5. The number of anilines is 1. The molecule has 0 bridgehead atoms. The van der Waals surface area contributed by atoms with Crippen LogP contribution in [0.4, 0.5) is 10.5 Å². The van der Waals surface area contributed by atoms with E-state index in [0.717, 1.165) is 5.56 Å². The normalized spacial score (nSPS) is 14.1.